The Morgan fingerprint density at radius 2 is 1.11 bits per heavy atom. The number of phosphoric acid groups is 1. The van der Waals surface area contributed by atoms with Crippen molar-refractivity contribution in [3.05, 3.63) is 12.2 Å². The average Bonchev–Trinajstić information content (AvgIpc) is 3.00. The van der Waals surface area contributed by atoms with Gasteiger partial charge in [-0.05, 0) is 38.5 Å². The number of rotatable bonds is 32. The first-order valence-corrected chi connectivity index (χ1v) is 18.6. The highest BCUT2D eigenvalue weighted by atomic mass is 31.2. The van der Waals surface area contributed by atoms with E-state index in [1.54, 1.807) is 0 Å². The molecule has 0 bridgehead atoms. The van der Waals surface area contributed by atoms with Crippen LogP contribution >= 0.6 is 7.82 Å². The summed E-state index contributed by atoms with van der Waals surface area (Å²) in [6.07, 6.45) is 23.4. The van der Waals surface area contributed by atoms with Gasteiger partial charge in [0.1, 0.15) is 12.7 Å². The lowest BCUT2D eigenvalue weighted by molar-refractivity contribution is -0.161. The fourth-order valence-corrected chi connectivity index (χ4v) is 5.25. The van der Waals surface area contributed by atoms with Crippen molar-refractivity contribution < 1.29 is 47.8 Å². The Balaban J connectivity index is 4.44. The quantitative estimate of drug-likeness (QED) is 0.0286. The zero-order valence-corrected chi connectivity index (χ0v) is 28.5. The molecule has 10 nitrogen and oxygen atoms in total. The molecule has 0 saturated heterocycles. The summed E-state index contributed by atoms with van der Waals surface area (Å²) in [7, 11) is -4.60. The van der Waals surface area contributed by atoms with Crippen LogP contribution in [0.4, 0.5) is 0 Å². The molecule has 3 atom stereocenters. The van der Waals surface area contributed by atoms with Crippen LogP contribution in [-0.2, 0) is 32.7 Å². The summed E-state index contributed by atoms with van der Waals surface area (Å²) >= 11 is 0. The number of aliphatic hydroxyl groups is 2. The number of hydrogen-bond acceptors (Lipinski definition) is 9. The fraction of sp³-hybridized carbons (Fsp3) is 0.879. The first-order chi connectivity index (χ1) is 21.2. The predicted octanol–water partition coefficient (Wildman–Crippen LogP) is 7.72. The first-order valence-electron chi connectivity index (χ1n) is 17.1. The largest absolute Gasteiger partial charge is 0.472 e. The van der Waals surface area contributed by atoms with Crippen molar-refractivity contribution in [2.75, 3.05) is 26.4 Å². The topological polar surface area (TPSA) is 149 Å². The molecule has 0 aliphatic rings. The van der Waals surface area contributed by atoms with Gasteiger partial charge in [0.15, 0.2) is 6.10 Å². The van der Waals surface area contributed by atoms with Gasteiger partial charge in [-0.2, -0.15) is 0 Å². The molecular weight excluding hydrogens is 587 g/mol. The van der Waals surface area contributed by atoms with E-state index in [-0.39, 0.29) is 19.4 Å². The van der Waals surface area contributed by atoms with Crippen LogP contribution in [-0.4, -0.2) is 65.7 Å². The number of hydrogen-bond donors (Lipinski definition) is 3. The van der Waals surface area contributed by atoms with Gasteiger partial charge in [-0.25, -0.2) is 4.57 Å². The van der Waals surface area contributed by atoms with Crippen molar-refractivity contribution in [2.45, 2.75) is 161 Å². The van der Waals surface area contributed by atoms with Crippen molar-refractivity contribution in [1.29, 1.82) is 0 Å². The Kier molecular flexibility index (Phi) is 29.5. The van der Waals surface area contributed by atoms with Gasteiger partial charge in [0.2, 0.25) is 0 Å². The van der Waals surface area contributed by atoms with Gasteiger partial charge in [0.05, 0.1) is 19.8 Å². The minimum absolute atomic E-state index is 0.177. The lowest BCUT2D eigenvalue weighted by Gasteiger charge is -2.20. The molecular formula is C33H63O10P. The van der Waals surface area contributed by atoms with Gasteiger partial charge in [-0.3, -0.25) is 18.6 Å². The summed E-state index contributed by atoms with van der Waals surface area (Å²) in [4.78, 5) is 34.6. The van der Waals surface area contributed by atoms with E-state index in [2.05, 4.69) is 30.5 Å². The summed E-state index contributed by atoms with van der Waals surface area (Å²) in [5.41, 5.74) is 0. The lowest BCUT2D eigenvalue weighted by atomic mass is 10.1. The van der Waals surface area contributed by atoms with E-state index in [4.69, 9.17) is 19.1 Å². The van der Waals surface area contributed by atoms with Crippen LogP contribution in [0.2, 0.25) is 0 Å². The van der Waals surface area contributed by atoms with E-state index in [0.717, 1.165) is 57.8 Å². The van der Waals surface area contributed by atoms with Crippen LogP contribution < -0.4 is 0 Å². The third-order valence-electron chi connectivity index (χ3n) is 7.17. The van der Waals surface area contributed by atoms with Crippen molar-refractivity contribution in [3.63, 3.8) is 0 Å². The van der Waals surface area contributed by atoms with Gasteiger partial charge in [-0.1, -0.05) is 109 Å². The van der Waals surface area contributed by atoms with Gasteiger partial charge in [0.25, 0.3) is 0 Å². The van der Waals surface area contributed by atoms with Crippen LogP contribution in [0, 0.1) is 0 Å². The molecule has 0 radical (unpaired) electrons. The maximum absolute atomic E-state index is 12.5. The summed E-state index contributed by atoms with van der Waals surface area (Å²) in [6, 6.07) is 0. The van der Waals surface area contributed by atoms with E-state index in [9.17, 15) is 24.2 Å². The zero-order valence-electron chi connectivity index (χ0n) is 27.6. The minimum Gasteiger partial charge on any atom is -0.462 e. The molecule has 0 heterocycles. The molecule has 0 aliphatic carbocycles. The van der Waals surface area contributed by atoms with E-state index >= 15 is 0 Å². The number of aliphatic hydroxyl groups excluding tert-OH is 2. The molecule has 0 aliphatic heterocycles. The highest BCUT2D eigenvalue weighted by Gasteiger charge is 2.27. The summed E-state index contributed by atoms with van der Waals surface area (Å²) in [5.74, 6) is -0.938. The van der Waals surface area contributed by atoms with Gasteiger partial charge < -0.3 is 24.6 Å². The van der Waals surface area contributed by atoms with E-state index in [0.29, 0.717) is 12.8 Å². The van der Waals surface area contributed by atoms with Gasteiger partial charge >= 0.3 is 19.8 Å². The number of carbonyl (C=O) groups is 2. The number of allylic oxidation sites excluding steroid dienone is 2. The molecule has 0 aromatic rings. The maximum Gasteiger partial charge on any atom is 0.472 e. The Bertz CT molecular complexity index is 761. The molecule has 0 rings (SSSR count). The number of unbranched alkanes of at least 4 members (excludes halogenated alkanes) is 16. The summed E-state index contributed by atoms with van der Waals surface area (Å²) < 4.78 is 32.4. The summed E-state index contributed by atoms with van der Waals surface area (Å²) in [5, 5.41) is 18.2. The molecule has 260 valence electrons. The Labute approximate surface area is 266 Å². The molecule has 0 amide bonds. The van der Waals surface area contributed by atoms with Crippen molar-refractivity contribution in [1.82, 2.24) is 0 Å². The molecule has 3 N–H and O–H groups in total. The van der Waals surface area contributed by atoms with Crippen molar-refractivity contribution >= 4 is 19.8 Å². The smallest absolute Gasteiger partial charge is 0.462 e. The van der Waals surface area contributed by atoms with Crippen molar-refractivity contribution in [3.8, 4) is 0 Å². The highest BCUT2D eigenvalue weighted by molar-refractivity contribution is 7.47. The first kappa shape index (κ1) is 42.7. The molecule has 0 aromatic heterocycles. The molecule has 44 heavy (non-hydrogen) atoms. The van der Waals surface area contributed by atoms with E-state index in [1.165, 1.54) is 51.4 Å². The molecule has 0 saturated carbocycles. The minimum atomic E-state index is -4.60. The van der Waals surface area contributed by atoms with Crippen LogP contribution in [0.1, 0.15) is 149 Å². The Morgan fingerprint density at radius 1 is 0.659 bits per heavy atom. The lowest BCUT2D eigenvalue weighted by Crippen LogP contribution is -2.29. The number of carbonyl (C=O) groups excluding carboxylic acids is 2. The Morgan fingerprint density at radius 3 is 1.68 bits per heavy atom. The van der Waals surface area contributed by atoms with Crippen LogP contribution in [0.3, 0.4) is 0 Å². The zero-order chi connectivity index (χ0) is 32.7. The Hall–Kier alpha value is -1.29. The van der Waals surface area contributed by atoms with Gasteiger partial charge in [-0.15, -0.1) is 0 Å². The number of phosphoric ester groups is 1. The number of ether oxygens (including phenoxy) is 2. The van der Waals surface area contributed by atoms with Crippen LogP contribution in [0.5, 0.6) is 0 Å². The molecule has 11 heteroatoms. The SMILES string of the molecule is CCCCC/C=C\CCCCCCCC(=O)O[C@H](COC(=O)CCCCCCCCCCC)COP(=O)(O)OC[C@@H](O)CO. The van der Waals surface area contributed by atoms with Crippen LogP contribution in [0.15, 0.2) is 12.2 Å². The third-order valence-corrected chi connectivity index (χ3v) is 8.12. The normalized spacial score (nSPS) is 14.4. The fourth-order valence-electron chi connectivity index (χ4n) is 4.46. The average molecular weight is 651 g/mol. The van der Waals surface area contributed by atoms with E-state index < -0.39 is 51.8 Å². The monoisotopic (exact) mass is 650 g/mol. The second-order valence-corrected chi connectivity index (χ2v) is 13.0. The van der Waals surface area contributed by atoms with Crippen LogP contribution in [0.25, 0.3) is 0 Å². The standard InChI is InChI=1S/C33H63O10P/c1-3-5-7-9-11-13-14-15-17-19-21-23-25-33(37)43-31(29-42-44(38,39)41-27-30(35)26-34)28-40-32(36)24-22-20-18-16-12-10-8-6-4-2/h11,13,30-31,34-35H,3-10,12,14-29H2,1-2H3,(H,38,39)/b13-11-/t30-,31+/m0/s1. The third kappa shape index (κ3) is 29.4. The maximum atomic E-state index is 12.5. The second kappa shape index (κ2) is 30.4. The number of esters is 2. The summed E-state index contributed by atoms with van der Waals surface area (Å²) in [6.45, 7) is 2.29. The molecule has 1 unspecified atom stereocenters. The van der Waals surface area contributed by atoms with Crippen molar-refractivity contribution in [2.24, 2.45) is 0 Å². The molecule has 0 aromatic carbocycles. The van der Waals surface area contributed by atoms with E-state index in [1.807, 2.05) is 0 Å². The molecule has 0 spiro atoms. The van der Waals surface area contributed by atoms with Gasteiger partial charge in [0, 0.05) is 12.8 Å². The highest BCUT2D eigenvalue weighted by Crippen LogP contribution is 2.43. The second-order valence-electron chi connectivity index (χ2n) is 11.5. The predicted molar refractivity (Wildman–Crippen MR) is 173 cm³/mol. The molecule has 0 fully saturated rings.